The first-order chi connectivity index (χ1) is 9.97. The van der Waals surface area contributed by atoms with Crippen LogP contribution in [0.15, 0.2) is 30.3 Å². The van der Waals surface area contributed by atoms with E-state index >= 15 is 0 Å². The number of benzene rings is 2. The normalized spacial score (nSPS) is 10.7. The second-order valence-corrected chi connectivity index (χ2v) is 4.75. The van der Waals surface area contributed by atoms with Gasteiger partial charge in [0.2, 0.25) is 0 Å². The van der Waals surface area contributed by atoms with Crippen LogP contribution in [0.4, 0.5) is 13.2 Å². The van der Waals surface area contributed by atoms with Crippen LogP contribution >= 0.6 is 0 Å². The molecule has 0 aromatic heterocycles. The third-order valence-corrected chi connectivity index (χ3v) is 3.40. The molecular formula is C17H15F3O. The average Bonchev–Trinajstić information content (AvgIpc) is 2.46. The summed E-state index contributed by atoms with van der Waals surface area (Å²) in [6.07, 6.45) is 0.515. The van der Waals surface area contributed by atoms with Crippen molar-refractivity contribution >= 4 is 5.78 Å². The van der Waals surface area contributed by atoms with Gasteiger partial charge in [-0.1, -0.05) is 19.9 Å². The second-order valence-electron chi connectivity index (χ2n) is 4.75. The molecule has 2 rings (SSSR count). The lowest BCUT2D eigenvalue weighted by molar-refractivity contribution is 0.0980. The Hall–Kier alpha value is -2.10. The Morgan fingerprint density at radius 1 is 0.905 bits per heavy atom. The number of halogens is 3. The first-order valence-electron chi connectivity index (χ1n) is 6.79. The van der Waals surface area contributed by atoms with E-state index in [1.807, 2.05) is 0 Å². The van der Waals surface area contributed by atoms with Gasteiger partial charge in [0.1, 0.15) is 17.5 Å². The molecule has 0 saturated carbocycles. The maximum absolute atomic E-state index is 14.0. The molecule has 2 aromatic carbocycles. The molecule has 0 aliphatic rings. The molecule has 0 heterocycles. The molecule has 0 radical (unpaired) electrons. The molecule has 2 aromatic rings. The predicted octanol–water partition coefficient (Wildman–Crippen LogP) is 4.93. The van der Waals surface area contributed by atoms with E-state index in [0.717, 1.165) is 12.1 Å². The summed E-state index contributed by atoms with van der Waals surface area (Å²) >= 11 is 0. The summed E-state index contributed by atoms with van der Waals surface area (Å²) in [7, 11) is 0. The predicted molar refractivity (Wildman–Crippen MR) is 75.8 cm³/mol. The summed E-state index contributed by atoms with van der Waals surface area (Å²) in [5.74, 6) is -2.71. The Morgan fingerprint density at radius 3 is 2.05 bits per heavy atom. The van der Waals surface area contributed by atoms with Gasteiger partial charge in [-0.15, -0.1) is 0 Å². The summed E-state index contributed by atoms with van der Waals surface area (Å²) < 4.78 is 41.4. The highest BCUT2D eigenvalue weighted by atomic mass is 19.1. The number of hydrogen-bond donors (Lipinski definition) is 0. The van der Waals surface area contributed by atoms with Crippen molar-refractivity contribution in [1.82, 2.24) is 0 Å². The van der Waals surface area contributed by atoms with Crippen LogP contribution in [0.25, 0.3) is 11.1 Å². The molecule has 0 aliphatic carbocycles. The highest BCUT2D eigenvalue weighted by Gasteiger charge is 2.18. The molecule has 110 valence electrons. The molecule has 4 heteroatoms. The molecular weight excluding hydrogens is 277 g/mol. The van der Waals surface area contributed by atoms with Gasteiger partial charge in [0.15, 0.2) is 5.78 Å². The van der Waals surface area contributed by atoms with E-state index in [-0.39, 0.29) is 17.8 Å². The van der Waals surface area contributed by atoms with Crippen LogP contribution in [0.2, 0.25) is 0 Å². The zero-order valence-corrected chi connectivity index (χ0v) is 11.8. The molecule has 0 fully saturated rings. The van der Waals surface area contributed by atoms with Gasteiger partial charge >= 0.3 is 0 Å². The standard InChI is InChI=1S/C17H15F3O/c1-3-10-7-11(5-6-13(10)18)12-8-14(19)17(15(20)9-12)16(21)4-2/h5-9H,3-4H2,1-2H3. The Bertz CT molecular complexity index is 669. The van der Waals surface area contributed by atoms with Crippen molar-refractivity contribution < 1.29 is 18.0 Å². The van der Waals surface area contributed by atoms with Gasteiger partial charge in [-0.25, -0.2) is 13.2 Å². The van der Waals surface area contributed by atoms with Gasteiger partial charge in [-0.2, -0.15) is 0 Å². The van der Waals surface area contributed by atoms with E-state index in [1.165, 1.54) is 12.1 Å². The smallest absolute Gasteiger partial charge is 0.168 e. The molecule has 0 saturated heterocycles. The first kappa shape index (κ1) is 15.3. The SMILES string of the molecule is CCC(=O)c1c(F)cc(-c2ccc(F)c(CC)c2)cc1F. The largest absolute Gasteiger partial charge is 0.294 e. The minimum atomic E-state index is -0.890. The summed E-state index contributed by atoms with van der Waals surface area (Å²) in [5.41, 5.74) is 0.759. The Morgan fingerprint density at radius 2 is 1.52 bits per heavy atom. The van der Waals surface area contributed by atoms with Crippen LogP contribution < -0.4 is 0 Å². The van der Waals surface area contributed by atoms with Crippen LogP contribution in [0.5, 0.6) is 0 Å². The lowest BCUT2D eigenvalue weighted by atomic mass is 9.98. The average molecular weight is 292 g/mol. The maximum Gasteiger partial charge on any atom is 0.168 e. The van der Waals surface area contributed by atoms with E-state index in [4.69, 9.17) is 0 Å². The monoisotopic (exact) mass is 292 g/mol. The quantitative estimate of drug-likeness (QED) is 0.730. The second kappa shape index (κ2) is 6.12. The van der Waals surface area contributed by atoms with E-state index < -0.39 is 23.0 Å². The fourth-order valence-corrected chi connectivity index (χ4v) is 2.21. The topological polar surface area (TPSA) is 17.1 Å². The van der Waals surface area contributed by atoms with Crippen molar-refractivity contribution in [2.24, 2.45) is 0 Å². The molecule has 21 heavy (non-hydrogen) atoms. The summed E-state index contributed by atoms with van der Waals surface area (Å²) in [6.45, 7) is 3.34. The molecule has 0 N–H and O–H groups in total. The fraction of sp³-hybridized carbons (Fsp3) is 0.235. The van der Waals surface area contributed by atoms with Gasteiger partial charge in [0.05, 0.1) is 5.56 Å². The van der Waals surface area contributed by atoms with Crippen molar-refractivity contribution in [3.8, 4) is 11.1 Å². The number of rotatable bonds is 4. The maximum atomic E-state index is 14.0. The highest BCUT2D eigenvalue weighted by molar-refractivity contribution is 5.96. The lowest BCUT2D eigenvalue weighted by Gasteiger charge is -2.09. The summed E-state index contributed by atoms with van der Waals surface area (Å²) in [5, 5.41) is 0. The van der Waals surface area contributed by atoms with Gasteiger partial charge in [-0.3, -0.25) is 4.79 Å². The highest BCUT2D eigenvalue weighted by Crippen LogP contribution is 2.27. The number of carbonyl (C=O) groups is 1. The van der Waals surface area contributed by atoms with Crippen molar-refractivity contribution in [1.29, 1.82) is 0 Å². The van der Waals surface area contributed by atoms with Crippen LogP contribution in [-0.4, -0.2) is 5.78 Å². The van der Waals surface area contributed by atoms with Gasteiger partial charge in [0, 0.05) is 6.42 Å². The lowest BCUT2D eigenvalue weighted by Crippen LogP contribution is -2.05. The molecule has 0 atom stereocenters. The van der Waals surface area contributed by atoms with E-state index in [9.17, 15) is 18.0 Å². The number of Topliss-reactive ketones (excluding diaryl/α,β-unsaturated/α-hetero) is 1. The van der Waals surface area contributed by atoms with Crippen LogP contribution in [0.3, 0.4) is 0 Å². The van der Waals surface area contributed by atoms with Crippen LogP contribution in [0.1, 0.15) is 36.2 Å². The van der Waals surface area contributed by atoms with Crippen molar-refractivity contribution in [3.05, 3.63) is 58.9 Å². The molecule has 0 amide bonds. The van der Waals surface area contributed by atoms with Crippen LogP contribution in [0, 0.1) is 17.5 Å². The van der Waals surface area contributed by atoms with Gasteiger partial charge in [-0.05, 0) is 47.4 Å². The zero-order valence-electron chi connectivity index (χ0n) is 11.8. The Kier molecular flexibility index (Phi) is 4.46. The summed E-state index contributed by atoms with van der Waals surface area (Å²) in [4.78, 5) is 11.5. The minimum absolute atomic E-state index is 0.0315. The van der Waals surface area contributed by atoms with Crippen molar-refractivity contribution in [2.75, 3.05) is 0 Å². The van der Waals surface area contributed by atoms with Gasteiger partial charge < -0.3 is 0 Å². The van der Waals surface area contributed by atoms with Crippen molar-refractivity contribution in [3.63, 3.8) is 0 Å². The third-order valence-electron chi connectivity index (χ3n) is 3.40. The minimum Gasteiger partial charge on any atom is -0.294 e. The van der Waals surface area contributed by atoms with E-state index in [2.05, 4.69) is 0 Å². The van der Waals surface area contributed by atoms with Crippen LogP contribution in [-0.2, 0) is 6.42 Å². The van der Waals surface area contributed by atoms with Gasteiger partial charge in [0.25, 0.3) is 0 Å². The number of carbonyl (C=O) groups excluding carboxylic acids is 1. The number of hydrogen-bond acceptors (Lipinski definition) is 1. The first-order valence-corrected chi connectivity index (χ1v) is 6.79. The van der Waals surface area contributed by atoms with E-state index in [1.54, 1.807) is 19.9 Å². The molecule has 1 nitrogen and oxygen atoms in total. The molecule has 0 aliphatic heterocycles. The molecule has 0 spiro atoms. The Balaban J connectivity index is 2.54. The third kappa shape index (κ3) is 2.99. The van der Waals surface area contributed by atoms with Crippen molar-refractivity contribution in [2.45, 2.75) is 26.7 Å². The fourth-order valence-electron chi connectivity index (χ4n) is 2.21. The number of ketones is 1. The van der Waals surface area contributed by atoms with E-state index in [0.29, 0.717) is 17.5 Å². The number of aryl methyl sites for hydroxylation is 1. The Labute approximate surface area is 121 Å². The summed E-state index contributed by atoms with van der Waals surface area (Å²) in [6, 6.07) is 6.52. The molecule has 0 bridgehead atoms. The zero-order chi connectivity index (χ0) is 15.6. The molecule has 0 unspecified atom stereocenters.